The second-order valence-corrected chi connectivity index (χ2v) is 6.83. The number of phenols is 2. The minimum absolute atomic E-state index is 0.0352. The molecule has 162 valence electrons. The van der Waals surface area contributed by atoms with Crippen molar-refractivity contribution in [2.24, 2.45) is 0 Å². The van der Waals surface area contributed by atoms with Crippen LogP contribution in [0.4, 0.5) is 0 Å². The number of hydrogen-bond acceptors (Lipinski definition) is 8. The first-order valence-corrected chi connectivity index (χ1v) is 9.55. The average molecular weight is 416 g/mol. The number of hydrogen-bond donors (Lipinski definition) is 2. The van der Waals surface area contributed by atoms with E-state index in [2.05, 4.69) is 0 Å². The summed E-state index contributed by atoms with van der Waals surface area (Å²) in [5.74, 6) is -0.503. The number of methoxy groups -OCH3 is 2. The van der Waals surface area contributed by atoms with Crippen LogP contribution in [0.1, 0.15) is 11.1 Å². The molecule has 2 N–H and O–H groups in total. The number of rotatable bonds is 11. The fourth-order valence-electron chi connectivity index (χ4n) is 2.98. The van der Waals surface area contributed by atoms with Crippen LogP contribution in [0.25, 0.3) is 0 Å². The lowest BCUT2D eigenvalue weighted by molar-refractivity contribution is -0.143. The minimum Gasteiger partial charge on any atom is -0.508 e. The molecule has 0 aliphatic rings. The number of esters is 2. The number of nitrogens with zero attached hydrogens (tertiary/aromatic N) is 2. The monoisotopic (exact) mass is 416 g/mol. The Morgan fingerprint density at radius 2 is 1.10 bits per heavy atom. The Morgan fingerprint density at radius 1 is 0.733 bits per heavy atom. The zero-order chi connectivity index (χ0) is 21.9. The van der Waals surface area contributed by atoms with E-state index in [1.807, 2.05) is 21.9 Å². The Bertz CT molecular complexity index is 772. The van der Waals surface area contributed by atoms with Gasteiger partial charge >= 0.3 is 11.9 Å². The molecule has 2 aromatic carbocycles. The largest absolute Gasteiger partial charge is 0.508 e. The Balaban J connectivity index is 2.11. The summed E-state index contributed by atoms with van der Waals surface area (Å²) >= 11 is 0. The van der Waals surface area contributed by atoms with Gasteiger partial charge in [0.15, 0.2) is 0 Å². The van der Waals surface area contributed by atoms with Crippen LogP contribution in [0, 0.1) is 0 Å². The summed E-state index contributed by atoms with van der Waals surface area (Å²) in [6, 6.07) is 13.8. The molecule has 0 amide bonds. The first-order chi connectivity index (χ1) is 14.4. The van der Waals surface area contributed by atoms with Gasteiger partial charge in [-0.05, 0) is 12.1 Å². The molecule has 8 nitrogen and oxygen atoms in total. The molecule has 2 rings (SSSR count). The fourth-order valence-corrected chi connectivity index (χ4v) is 2.98. The smallest absolute Gasteiger partial charge is 0.319 e. The van der Waals surface area contributed by atoms with E-state index in [1.165, 1.54) is 14.2 Å². The van der Waals surface area contributed by atoms with Crippen molar-refractivity contribution < 1.29 is 29.3 Å². The molecule has 0 radical (unpaired) electrons. The predicted molar refractivity (Wildman–Crippen MR) is 111 cm³/mol. The van der Waals surface area contributed by atoms with Gasteiger partial charge in [-0.25, -0.2) is 0 Å². The molecule has 2 aromatic rings. The van der Waals surface area contributed by atoms with Gasteiger partial charge in [0.25, 0.3) is 0 Å². The molecule has 0 aliphatic carbocycles. The van der Waals surface area contributed by atoms with Crippen LogP contribution in [-0.2, 0) is 32.2 Å². The van der Waals surface area contributed by atoms with E-state index in [0.29, 0.717) is 37.3 Å². The first kappa shape index (κ1) is 23.2. The van der Waals surface area contributed by atoms with Crippen molar-refractivity contribution in [3.8, 4) is 11.5 Å². The van der Waals surface area contributed by atoms with Crippen LogP contribution in [0.15, 0.2) is 48.5 Å². The minimum atomic E-state index is -0.398. The molecule has 8 heteroatoms. The highest BCUT2D eigenvalue weighted by Gasteiger charge is 2.18. The molecular formula is C22H28N2O6. The number of ether oxygens (including phenoxy) is 2. The normalized spacial score (nSPS) is 10.9. The van der Waals surface area contributed by atoms with Gasteiger partial charge in [0, 0.05) is 37.3 Å². The summed E-state index contributed by atoms with van der Waals surface area (Å²) < 4.78 is 9.57. The predicted octanol–water partition coefficient (Wildman–Crippen LogP) is 1.75. The quantitative estimate of drug-likeness (QED) is 0.535. The molecule has 0 fully saturated rings. The number of carbonyl (C=O) groups is 2. The van der Waals surface area contributed by atoms with Crippen LogP contribution in [0.5, 0.6) is 11.5 Å². The summed E-state index contributed by atoms with van der Waals surface area (Å²) in [5.41, 5.74) is 1.36. The maximum atomic E-state index is 11.9. The zero-order valence-corrected chi connectivity index (χ0v) is 17.3. The third-order valence-electron chi connectivity index (χ3n) is 4.66. The zero-order valence-electron chi connectivity index (χ0n) is 17.3. The van der Waals surface area contributed by atoms with Gasteiger partial charge in [-0.15, -0.1) is 0 Å². The summed E-state index contributed by atoms with van der Waals surface area (Å²) in [6.45, 7) is 1.60. The highest BCUT2D eigenvalue weighted by molar-refractivity contribution is 5.72. The van der Waals surface area contributed by atoms with Gasteiger partial charge in [0.2, 0.25) is 0 Å². The molecule has 0 aromatic heterocycles. The second-order valence-electron chi connectivity index (χ2n) is 6.83. The van der Waals surface area contributed by atoms with E-state index in [-0.39, 0.29) is 24.6 Å². The van der Waals surface area contributed by atoms with Crippen molar-refractivity contribution in [3.63, 3.8) is 0 Å². The molecule has 0 unspecified atom stereocenters. The van der Waals surface area contributed by atoms with Crippen LogP contribution in [0.2, 0.25) is 0 Å². The van der Waals surface area contributed by atoms with E-state index in [9.17, 15) is 19.8 Å². The van der Waals surface area contributed by atoms with E-state index in [1.54, 1.807) is 36.4 Å². The summed E-state index contributed by atoms with van der Waals surface area (Å²) in [5, 5.41) is 20.1. The lowest BCUT2D eigenvalue weighted by Gasteiger charge is -2.27. The Labute approximate surface area is 176 Å². The summed E-state index contributed by atoms with van der Waals surface area (Å²) in [7, 11) is 2.64. The van der Waals surface area contributed by atoms with E-state index in [0.717, 1.165) is 0 Å². The van der Waals surface area contributed by atoms with Crippen LogP contribution in [-0.4, -0.2) is 72.4 Å². The van der Waals surface area contributed by atoms with Crippen LogP contribution in [0.3, 0.4) is 0 Å². The van der Waals surface area contributed by atoms with Gasteiger partial charge < -0.3 is 19.7 Å². The van der Waals surface area contributed by atoms with Gasteiger partial charge in [-0.3, -0.25) is 19.4 Å². The van der Waals surface area contributed by atoms with Crippen molar-refractivity contribution in [1.82, 2.24) is 9.80 Å². The number of para-hydroxylation sites is 2. The summed E-state index contributed by atoms with van der Waals surface area (Å²) in [4.78, 5) is 27.4. The number of phenolic OH excluding ortho intramolecular Hbond substituents is 2. The fraction of sp³-hybridized carbons (Fsp3) is 0.364. The molecule has 0 atom stereocenters. The molecule has 0 saturated carbocycles. The molecule has 0 saturated heterocycles. The highest BCUT2D eigenvalue weighted by atomic mass is 16.5. The van der Waals surface area contributed by atoms with Gasteiger partial charge in [0.1, 0.15) is 11.5 Å². The lowest BCUT2D eigenvalue weighted by atomic mass is 10.1. The number of benzene rings is 2. The second kappa shape index (κ2) is 11.8. The molecular weight excluding hydrogens is 388 g/mol. The lowest BCUT2D eigenvalue weighted by Crippen LogP contribution is -2.39. The number of carbonyl (C=O) groups excluding carboxylic acids is 2. The van der Waals surface area contributed by atoms with Crippen LogP contribution >= 0.6 is 0 Å². The molecule has 0 spiro atoms. The third kappa shape index (κ3) is 7.38. The Morgan fingerprint density at radius 3 is 1.43 bits per heavy atom. The van der Waals surface area contributed by atoms with E-state index >= 15 is 0 Å². The van der Waals surface area contributed by atoms with Crippen molar-refractivity contribution in [2.45, 2.75) is 13.1 Å². The maximum Gasteiger partial charge on any atom is 0.319 e. The first-order valence-electron chi connectivity index (χ1n) is 9.55. The third-order valence-corrected chi connectivity index (χ3v) is 4.66. The SMILES string of the molecule is COC(=O)CN(CCN(CC(=O)OC)Cc1ccccc1O)Cc1ccccc1O. The molecule has 30 heavy (non-hydrogen) atoms. The molecule has 0 bridgehead atoms. The topological polar surface area (TPSA) is 99.5 Å². The van der Waals surface area contributed by atoms with Crippen molar-refractivity contribution in [3.05, 3.63) is 59.7 Å². The van der Waals surface area contributed by atoms with Crippen molar-refractivity contribution >= 4 is 11.9 Å². The van der Waals surface area contributed by atoms with E-state index in [4.69, 9.17) is 9.47 Å². The Hall–Kier alpha value is -3.10. The summed E-state index contributed by atoms with van der Waals surface area (Å²) in [6.07, 6.45) is 0. The average Bonchev–Trinajstić information content (AvgIpc) is 2.74. The molecule has 0 heterocycles. The van der Waals surface area contributed by atoms with Gasteiger partial charge in [-0.2, -0.15) is 0 Å². The standard InChI is InChI=1S/C22H28N2O6/c1-29-21(27)15-23(13-17-7-3-5-9-19(17)25)11-12-24(16-22(28)30-2)14-18-8-4-6-10-20(18)26/h3-10,25-26H,11-16H2,1-2H3. The molecule has 0 aliphatic heterocycles. The maximum absolute atomic E-state index is 11.9. The van der Waals surface area contributed by atoms with Crippen LogP contribution < -0.4 is 0 Å². The number of aromatic hydroxyl groups is 2. The highest BCUT2D eigenvalue weighted by Crippen LogP contribution is 2.19. The van der Waals surface area contributed by atoms with Crippen molar-refractivity contribution in [1.29, 1.82) is 0 Å². The van der Waals surface area contributed by atoms with Gasteiger partial charge in [0.05, 0.1) is 27.3 Å². The van der Waals surface area contributed by atoms with Gasteiger partial charge in [-0.1, -0.05) is 36.4 Å². The van der Waals surface area contributed by atoms with Crippen molar-refractivity contribution in [2.75, 3.05) is 40.4 Å². The Kier molecular flexibility index (Phi) is 9.11. The van der Waals surface area contributed by atoms with E-state index < -0.39 is 11.9 Å².